The molecule has 2 heterocycles. The van der Waals surface area contributed by atoms with E-state index in [2.05, 4.69) is 36.5 Å². The number of nitrogens with one attached hydrogen (secondary N) is 1. The molecule has 1 amide bonds. The van der Waals surface area contributed by atoms with E-state index < -0.39 is 0 Å². The summed E-state index contributed by atoms with van der Waals surface area (Å²) in [5.74, 6) is 2.21. The van der Waals surface area contributed by atoms with Gasteiger partial charge < -0.3 is 19.2 Å². The fourth-order valence-corrected chi connectivity index (χ4v) is 3.16. The van der Waals surface area contributed by atoms with Crippen LogP contribution >= 0.6 is 0 Å². The lowest BCUT2D eigenvalue weighted by Gasteiger charge is -2.30. The molecule has 3 aromatic rings. The molecule has 5 heteroatoms. The van der Waals surface area contributed by atoms with Crippen LogP contribution in [0, 0.1) is 6.92 Å². The Labute approximate surface area is 164 Å². The maximum atomic E-state index is 12.6. The Balaban J connectivity index is 1.36. The second-order valence-corrected chi connectivity index (χ2v) is 7.10. The quantitative estimate of drug-likeness (QED) is 0.726. The molecule has 0 saturated carbocycles. The molecule has 2 unspecified atom stereocenters. The van der Waals surface area contributed by atoms with Crippen molar-refractivity contribution in [3.8, 4) is 11.5 Å². The zero-order valence-corrected chi connectivity index (χ0v) is 16.0. The molecular formula is C23H23NO4. The first-order valence-corrected chi connectivity index (χ1v) is 9.42. The highest BCUT2D eigenvalue weighted by molar-refractivity contribution is 5.91. The van der Waals surface area contributed by atoms with Gasteiger partial charge >= 0.3 is 0 Å². The topological polar surface area (TPSA) is 60.7 Å². The summed E-state index contributed by atoms with van der Waals surface area (Å²) < 4.78 is 17.4. The Bertz CT molecular complexity index is 961. The number of hydrogen-bond acceptors (Lipinski definition) is 4. The molecule has 5 nitrogen and oxygen atoms in total. The normalized spacial score (nSPS) is 16.4. The lowest BCUT2D eigenvalue weighted by molar-refractivity contribution is 0.0595. The summed E-state index contributed by atoms with van der Waals surface area (Å²) in [5, 5.41) is 2.94. The standard InChI is InChI=1S/C23H23NO4/c1-15-7-9-17(10-8-15)13-18-11-12-21(27-18)23(25)24-16(2)22-14-26-19-5-3-4-6-20(19)28-22/h3-12,16,22H,13-14H2,1-2H3,(H,24,25). The molecular weight excluding hydrogens is 354 g/mol. The molecule has 0 aliphatic carbocycles. The number of fused-ring (bicyclic) bond motifs is 1. The van der Waals surface area contributed by atoms with Crippen molar-refractivity contribution in [2.45, 2.75) is 32.4 Å². The number of hydrogen-bond donors (Lipinski definition) is 1. The summed E-state index contributed by atoms with van der Waals surface area (Å²) in [7, 11) is 0. The monoisotopic (exact) mass is 377 g/mol. The molecule has 0 fully saturated rings. The van der Waals surface area contributed by atoms with Crippen LogP contribution in [0.5, 0.6) is 11.5 Å². The first kappa shape index (κ1) is 18.2. The van der Waals surface area contributed by atoms with Gasteiger partial charge in [0.2, 0.25) is 0 Å². The Morgan fingerprint density at radius 3 is 2.61 bits per heavy atom. The summed E-state index contributed by atoms with van der Waals surface area (Å²) in [6.07, 6.45) is 0.389. The van der Waals surface area contributed by atoms with Crippen LogP contribution in [0.3, 0.4) is 0 Å². The molecule has 0 spiro atoms. The summed E-state index contributed by atoms with van der Waals surface area (Å²) in [4.78, 5) is 12.6. The van der Waals surface area contributed by atoms with Gasteiger partial charge in [-0.15, -0.1) is 0 Å². The summed E-state index contributed by atoms with van der Waals surface area (Å²) in [5.41, 5.74) is 2.36. The van der Waals surface area contributed by atoms with Crippen LogP contribution in [0.2, 0.25) is 0 Å². The number of amides is 1. The van der Waals surface area contributed by atoms with Crippen molar-refractivity contribution in [1.82, 2.24) is 5.32 Å². The van der Waals surface area contributed by atoms with Crippen molar-refractivity contribution in [2.24, 2.45) is 0 Å². The largest absolute Gasteiger partial charge is 0.486 e. The third kappa shape index (κ3) is 4.03. The van der Waals surface area contributed by atoms with Crippen molar-refractivity contribution < 1.29 is 18.7 Å². The maximum Gasteiger partial charge on any atom is 0.287 e. The van der Waals surface area contributed by atoms with Gasteiger partial charge in [-0.05, 0) is 43.7 Å². The van der Waals surface area contributed by atoms with E-state index in [1.165, 1.54) is 5.56 Å². The van der Waals surface area contributed by atoms with Gasteiger partial charge in [-0.1, -0.05) is 42.0 Å². The fourth-order valence-electron chi connectivity index (χ4n) is 3.16. The van der Waals surface area contributed by atoms with E-state index in [1.807, 2.05) is 37.3 Å². The number of aryl methyl sites for hydroxylation is 1. The van der Waals surface area contributed by atoms with Crippen LogP contribution in [-0.4, -0.2) is 24.7 Å². The third-order valence-electron chi connectivity index (χ3n) is 4.83. The molecule has 4 rings (SSSR count). The Hall–Kier alpha value is -3.21. The summed E-state index contributed by atoms with van der Waals surface area (Å²) in [6, 6.07) is 19.1. The minimum Gasteiger partial charge on any atom is -0.486 e. The van der Waals surface area contributed by atoms with E-state index in [9.17, 15) is 4.79 Å². The molecule has 144 valence electrons. The first-order chi connectivity index (χ1) is 13.6. The fraction of sp³-hybridized carbons (Fsp3) is 0.261. The van der Waals surface area contributed by atoms with Gasteiger partial charge in [0.1, 0.15) is 12.4 Å². The minimum absolute atomic E-state index is 0.230. The minimum atomic E-state index is -0.263. The van der Waals surface area contributed by atoms with Crippen molar-refractivity contribution in [3.05, 3.63) is 83.3 Å². The van der Waals surface area contributed by atoms with E-state index in [1.54, 1.807) is 6.07 Å². The second-order valence-electron chi connectivity index (χ2n) is 7.10. The van der Waals surface area contributed by atoms with Crippen molar-refractivity contribution >= 4 is 5.91 Å². The van der Waals surface area contributed by atoms with Gasteiger partial charge in [0.05, 0.1) is 6.04 Å². The number of para-hydroxylation sites is 2. The smallest absolute Gasteiger partial charge is 0.287 e. The molecule has 2 atom stereocenters. The molecule has 0 bridgehead atoms. The predicted octanol–water partition coefficient (Wildman–Crippen LogP) is 4.14. The number of carbonyl (C=O) groups excluding carboxylic acids is 1. The number of benzene rings is 2. The van der Waals surface area contributed by atoms with Crippen LogP contribution in [0.1, 0.15) is 34.4 Å². The van der Waals surface area contributed by atoms with Crippen LogP contribution < -0.4 is 14.8 Å². The highest BCUT2D eigenvalue weighted by Gasteiger charge is 2.28. The average molecular weight is 377 g/mol. The van der Waals surface area contributed by atoms with E-state index in [0.717, 1.165) is 17.1 Å². The highest BCUT2D eigenvalue weighted by Crippen LogP contribution is 2.31. The van der Waals surface area contributed by atoms with Gasteiger partial charge in [0.15, 0.2) is 23.4 Å². The van der Waals surface area contributed by atoms with E-state index in [4.69, 9.17) is 13.9 Å². The van der Waals surface area contributed by atoms with Crippen molar-refractivity contribution in [2.75, 3.05) is 6.61 Å². The second kappa shape index (κ2) is 7.80. The zero-order valence-electron chi connectivity index (χ0n) is 16.0. The lowest BCUT2D eigenvalue weighted by atomic mass is 10.1. The number of ether oxygens (including phenoxy) is 2. The van der Waals surface area contributed by atoms with Crippen LogP contribution in [0.4, 0.5) is 0 Å². The zero-order chi connectivity index (χ0) is 19.5. The number of carbonyl (C=O) groups is 1. The van der Waals surface area contributed by atoms with E-state index in [-0.39, 0.29) is 18.1 Å². The van der Waals surface area contributed by atoms with Gasteiger partial charge in [-0.25, -0.2) is 0 Å². The van der Waals surface area contributed by atoms with E-state index >= 15 is 0 Å². The third-order valence-corrected chi connectivity index (χ3v) is 4.83. The highest BCUT2D eigenvalue weighted by atomic mass is 16.6. The van der Waals surface area contributed by atoms with Crippen molar-refractivity contribution in [1.29, 1.82) is 0 Å². The van der Waals surface area contributed by atoms with Crippen LogP contribution in [0.25, 0.3) is 0 Å². The van der Waals surface area contributed by atoms with Crippen LogP contribution in [-0.2, 0) is 6.42 Å². The SMILES string of the molecule is Cc1ccc(Cc2ccc(C(=O)NC(C)C3COc4ccccc4O3)o2)cc1. The van der Waals surface area contributed by atoms with Crippen LogP contribution in [0.15, 0.2) is 65.1 Å². The first-order valence-electron chi connectivity index (χ1n) is 9.42. The summed E-state index contributed by atoms with van der Waals surface area (Å²) >= 11 is 0. The Morgan fingerprint density at radius 1 is 1.07 bits per heavy atom. The van der Waals surface area contributed by atoms with Gasteiger partial charge in [0.25, 0.3) is 5.91 Å². The van der Waals surface area contributed by atoms with Gasteiger partial charge in [0, 0.05) is 6.42 Å². The Kier molecular flexibility index (Phi) is 5.06. The Morgan fingerprint density at radius 2 is 1.82 bits per heavy atom. The average Bonchev–Trinajstić information content (AvgIpc) is 3.18. The van der Waals surface area contributed by atoms with Crippen molar-refractivity contribution in [3.63, 3.8) is 0 Å². The number of rotatable bonds is 5. The van der Waals surface area contributed by atoms with Gasteiger partial charge in [-0.2, -0.15) is 0 Å². The molecule has 0 radical (unpaired) electrons. The molecule has 2 aromatic carbocycles. The number of furan rings is 1. The van der Waals surface area contributed by atoms with Gasteiger partial charge in [-0.3, -0.25) is 4.79 Å². The molecule has 1 aromatic heterocycles. The molecule has 1 aliphatic heterocycles. The predicted molar refractivity (Wildman–Crippen MR) is 106 cm³/mol. The maximum absolute atomic E-state index is 12.6. The molecule has 28 heavy (non-hydrogen) atoms. The molecule has 1 N–H and O–H groups in total. The molecule has 1 aliphatic rings. The molecule has 0 saturated heterocycles. The lowest BCUT2D eigenvalue weighted by Crippen LogP contribution is -2.48. The van der Waals surface area contributed by atoms with E-state index in [0.29, 0.717) is 24.5 Å². The summed E-state index contributed by atoms with van der Waals surface area (Å²) in [6.45, 7) is 4.34.